The summed E-state index contributed by atoms with van der Waals surface area (Å²) in [6.45, 7) is 19.4. The van der Waals surface area contributed by atoms with Gasteiger partial charge in [-0.05, 0) is 5.56 Å². The average molecular weight is 739 g/mol. The SMILES string of the molecule is CCC[CH2][Sn]([CH2]CCC)([CH2]CCC)[c]1cnc(C(O[Si](C)(C)C(C)(C)C)C2CCc3cc(OCc4ccccc4)ccc3C2)o1. The molecule has 2 unspecified atom stereocenters. The van der Waals surface area contributed by atoms with Crippen LogP contribution in [-0.4, -0.2) is 31.7 Å². The number of hydrogen-bond donors (Lipinski definition) is 0. The molecule has 0 spiro atoms. The van der Waals surface area contributed by atoms with Crippen LogP contribution in [0.3, 0.4) is 0 Å². The molecule has 0 fully saturated rings. The fourth-order valence-electron chi connectivity index (χ4n) is 6.65. The van der Waals surface area contributed by atoms with E-state index in [0.29, 0.717) is 12.5 Å². The number of oxazole rings is 1. The first-order chi connectivity index (χ1) is 21.5. The third kappa shape index (κ3) is 9.50. The van der Waals surface area contributed by atoms with Gasteiger partial charge in [0.05, 0.1) is 0 Å². The molecular formula is C39H61NO3SiSn. The Morgan fingerprint density at radius 1 is 0.911 bits per heavy atom. The van der Waals surface area contributed by atoms with E-state index in [4.69, 9.17) is 18.6 Å². The molecule has 1 aliphatic carbocycles. The van der Waals surface area contributed by atoms with E-state index in [1.165, 1.54) is 72.3 Å². The van der Waals surface area contributed by atoms with Crippen LogP contribution in [0.5, 0.6) is 5.75 Å². The summed E-state index contributed by atoms with van der Waals surface area (Å²) in [5.41, 5.74) is 4.01. The predicted molar refractivity (Wildman–Crippen MR) is 195 cm³/mol. The number of hydrogen-bond acceptors (Lipinski definition) is 4. The number of benzene rings is 2. The first kappa shape index (κ1) is 36.3. The third-order valence-electron chi connectivity index (χ3n) is 10.7. The van der Waals surface area contributed by atoms with Gasteiger partial charge >= 0.3 is 246 Å². The monoisotopic (exact) mass is 739 g/mol. The number of rotatable bonds is 17. The Balaban J connectivity index is 1.62. The van der Waals surface area contributed by atoms with Gasteiger partial charge in [0.2, 0.25) is 0 Å². The van der Waals surface area contributed by atoms with Crippen LogP contribution in [0.1, 0.15) is 115 Å². The number of ether oxygens (including phenoxy) is 1. The standard InChI is InChI=1S/C27H34NO3Si.3C4H9.Sn/c1-27(2,3)32(4,5)31-25(26-28-15-16-29-26)23-12-11-22-18-24(14-13-21(22)17-23)30-19-20-9-7-6-8-10-20;3*1-3-4-2;/h6-10,13-15,18,23,25H,11-12,17,19H2,1-5H3;3*1,3-4H2,2H3;. The van der Waals surface area contributed by atoms with Gasteiger partial charge in [-0.25, -0.2) is 0 Å². The van der Waals surface area contributed by atoms with Crippen LogP contribution in [0.4, 0.5) is 0 Å². The van der Waals surface area contributed by atoms with Gasteiger partial charge in [-0.2, -0.15) is 0 Å². The summed E-state index contributed by atoms with van der Waals surface area (Å²) in [5, 5.41) is 0.116. The van der Waals surface area contributed by atoms with Crippen molar-refractivity contribution in [1.29, 1.82) is 0 Å². The molecule has 2 aromatic carbocycles. The molecule has 0 aliphatic heterocycles. The summed E-state index contributed by atoms with van der Waals surface area (Å²) < 4.78 is 26.0. The second-order valence-electron chi connectivity index (χ2n) is 15.2. The molecule has 1 aromatic heterocycles. The normalized spacial score (nSPS) is 16.4. The van der Waals surface area contributed by atoms with Crippen molar-refractivity contribution in [3.63, 3.8) is 0 Å². The van der Waals surface area contributed by atoms with Crippen LogP contribution in [0.25, 0.3) is 0 Å². The zero-order valence-electron chi connectivity index (χ0n) is 29.7. The third-order valence-corrected chi connectivity index (χ3v) is 30.0. The first-order valence-corrected chi connectivity index (χ1v) is 28.3. The van der Waals surface area contributed by atoms with Crippen molar-refractivity contribution in [1.82, 2.24) is 4.98 Å². The zero-order chi connectivity index (χ0) is 32.5. The molecule has 3 aromatic rings. The second kappa shape index (κ2) is 16.5. The number of nitrogens with zero attached hydrogens (tertiary/aromatic N) is 1. The number of aryl methyl sites for hydroxylation is 1. The minimum atomic E-state index is -2.74. The van der Waals surface area contributed by atoms with Gasteiger partial charge in [-0.15, -0.1) is 0 Å². The van der Waals surface area contributed by atoms with Gasteiger partial charge in [-0.1, -0.05) is 30.3 Å². The topological polar surface area (TPSA) is 44.5 Å². The molecule has 45 heavy (non-hydrogen) atoms. The summed E-state index contributed by atoms with van der Waals surface area (Å²) in [5.74, 6) is 2.16. The van der Waals surface area contributed by atoms with E-state index >= 15 is 0 Å². The summed E-state index contributed by atoms with van der Waals surface area (Å²) in [7, 11) is -2.08. The molecule has 0 N–H and O–H groups in total. The van der Waals surface area contributed by atoms with Crippen molar-refractivity contribution >= 4 is 30.5 Å². The van der Waals surface area contributed by atoms with Gasteiger partial charge in [-0.3, -0.25) is 0 Å². The van der Waals surface area contributed by atoms with Gasteiger partial charge in [0, 0.05) is 0 Å². The van der Waals surface area contributed by atoms with Crippen molar-refractivity contribution in [2.45, 2.75) is 143 Å². The molecule has 4 nitrogen and oxygen atoms in total. The molecule has 1 aliphatic rings. The van der Waals surface area contributed by atoms with Crippen molar-refractivity contribution in [2.24, 2.45) is 5.92 Å². The van der Waals surface area contributed by atoms with Crippen molar-refractivity contribution < 1.29 is 13.6 Å². The van der Waals surface area contributed by atoms with Gasteiger partial charge < -0.3 is 0 Å². The van der Waals surface area contributed by atoms with Crippen LogP contribution in [0.15, 0.2) is 59.1 Å². The molecular weight excluding hydrogens is 677 g/mol. The van der Waals surface area contributed by atoms with Crippen LogP contribution in [0.2, 0.25) is 31.4 Å². The first-order valence-electron chi connectivity index (χ1n) is 17.9. The minimum absolute atomic E-state index is 0.102. The number of aromatic nitrogens is 1. The van der Waals surface area contributed by atoms with Crippen LogP contribution < -0.4 is 8.51 Å². The molecule has 2 atom stereocenters. The van der Waals surface area contributed by atoms with E-state index in [0.717, 1.165) is 30.9 Å². The molecule has 4 rings (SSSR count). The second-order valence-corrected chi connectivity index (χ2v) is 32.9. The van der Waals surface area contributed by atoms with Crippen LogP contribution in [-0.2, 0) is 23.9 Å². The molecule has 0 bridgehead atoms. The molecule has 0 radical (unpaired) electrons. The average Bonchev–Trinajstić information content (AvgIpc) is 3.53. The fraction of sp³-hybridized carbons (Fsp3) is 0.615. The summed E-state index contributed by atoms with van der Waals surface area (Å²) >= 11 is -2.74. The summed E-state index contributed by atoms with van der Waals surface area (Å²) in [6.07, 6.45) is 12.9. The number of fused-ring (bicyclic) bond motifs is 1. The Labute approximate surface area is 280 Å². The Morgan fingerprint density at radius 2 is 1.56 bits per heavy atom. The molecule has 6 heteroatoms. The molecule has 0 saturated heterocycles. The van der Waals surface area contributed by atoms with E-state index in [1.807, 2.05) is 6.07 Å². The van der Waals surface area contributed by atoms with E-state index in [9.17, 15) is 0 Å². The van der Waals surface area contributed by atoms with E-state index in [-0.39, 0.29) is 11.1 Å². The Bertz CT molecular complexity index is 1290. The summed E-state index contributed by atoms with van der Waals surface area (Å²) in [4.78, 5) is 5.13. The van der Waals surface area contributed by atoms with Gasteiger partial charge in [0.25, 0.3) is 0 Å². The maximum absolute atomic E-state index is 7.30. The Hall–Kier alpha value is -1.57. The summed E-state index contributed by atoms with van der Waals surface area (Å²) in [6, 6.07) is 17.1. The molecule has 248 valence electrons. The van der Waals surface area contributed by atoms with Crippen LogP contribution >= 0.6 is 0 Å². The van der Waals surface area contributed by atoms with E-state index in [2.05, 4.69) is 103 Å². The van der Waals surface area contributed by atoms with E-state index < -0.39 is 26.7 Å². The van der Waals surface area contributed by atoms with Crippen molar-refractivity contribution in [3.8, 4) is 5.75 Å². The van der Waals surface area contributed by atoms with Gasteiger partial charge in [0.1, 0.15) is 0 Å². The zero-order valence-corrected chi connectivity index (χ0v) is 33.6. The van der Waals surface area contributed by atoms with Gasteiger partial charge in [0.15, 0.2) is 0 Å². The van der Waals surface area contributed by atoms with Crippen molar-refractivity contribution in [3.05, 3.63) is 77.3 Å². The predicted octanol–water partition coefficient (Wildman–Crippen LogP) is 11.2. The maximum atomic E-state index is 7.30. The molecule has 0 saturated carbocycles. The number of unbranched alkanes of at least 4 members (excludes halogenated alkanes) is 3. The Morgan fingerprint density at radius 3 is 2.16 bits per heavy atom. The molecule has 0 amide bonds. The Kier molecular flexibility index (Phi) is 13.3. The quantitative estimate of drug-likeness (QED) is 0.129. The molecule has 1 heterocycles. The van der Waals surface area contributed by atoms with Crippen LogP contribution in [0, 0.1) is 5.92 Å². The van der Waals surface area contributed by atoms with Crippen molar-refractivity contribution in [2.75, 3.05) is 0 Å². The fourth-order valence-corrected chi connectivity index (χ4v) is 22.9. The van der Waals surface area contributed by atoms with E-state index in [1.54, 1.807) is 0 Å².